The minimum absolute atomic E-state index is 0.0106. The first-order valence-electron chi connectivity index (χ1n) is 7.73. The third-order valence-electron chi connectivity index (χ3n) is 4.38. The second kappa shape index (κ2) is 6.29. The summed E-state index contributed by atoms with van der Waals surface area (Å²) in [5.74, 6) is 0.568. The van der Waals surface area contributed by atoms with Crippen molar-refractivity contribution in [2.24, 2.45) is 0 Å². The number of nitrogens with zero attached hydrogens (tertiary/aromatic N) is 1. The molecular formula is C16H20N2O6. The van der Waals surface area contributed by atoms with E-state index in [1.165, 1.54) is 11.8 Å². The van der Waals surface area contributed by atoms with Crippen molar-refractivity contribution in [1.29, 1.82) is 0 Å². The molecule has 1 aromatic rings. The largest absolute Gasteiger partial charge is 0.454 e. The normalized spacial score (nSPS) is 25.5. The van der Waals surface area contributed by atoms with E-state index in [9.17, 15) is 19.8 Å². The van der Waals surface area contributed by atoms with E-state index in [0.29, 0.717) is 17.1 Å². The summed E-state index contributed by atoms with van der Waals surface area (Å²) in [6.45, 7) is 1.69. The zero-order valence-corrected chi connectivity index (χ0v) is 13.3. The van der Waals surface area contributed by atoms with Crippen LogP contribution in [0.1, 0.15) is 23.7 Å². The molecule has 0 saturated carbocycles. The lowest BCUT2D eigenvalue weighted by Gasteiger charge is -2.42. The number of piperidine rings is 1. The molecule has 1 aromatic carbocycles. The molecule has 2 amide bonds. The molecule has 0 aliphatic carbocycles. The number of amides is 2. The molecule has 2 aliphatic rings. The van der Waals surface area contributed by atoms with Gasteiger partial charge in [-0.15, -0.1) is 0 Å². The van der Waals surface area contributed by atoms with Crippen LogP contribution < -0.4 is 14.8 Å². The number of benzene rings is 1. The molecule has 0 spiro atoms. The standard InChI is InChI=1S/C16H20N2O6/c1-10(19)17-8-16(22)4-5-18(7-14(16)20)15(21)11-2-3-12-13(6-11)24-9-23-12/h2-3,6,14,20,22H,4-5,7-9H2,1H3,(H,17,19)/t14-,16-/m1/s1. The van der Waals surface area contributed by atoms with Crippen LogP contribution in [-0.2, 0) is 4.79 Å². The third-order valence-corrected chi connectivity index (χ3v) is 4.38. The number of ether oxygens (including phenoxy) is 2. The summed E-state index contributed by atoms with van der Waals surface area (Å²) in [7, 11) is 0. The van der Waals surface area contributed by atoms with Gasteiger partial charge in [-0.2, -0.15) is 0 Å². The monoisotopic (exact) mass is 336 g/mol. The van der Waals surface area contributed by atoms with E-state index in [2.05, 4.69) is 5.32 Å². The van der Waals surface area contributed by atoms with Crippen molar-refractivity contribution in [3.63, 3.8) is 0 Å². The first-order valence-corrected chi connectivity index (χ1v) is 7.73. The number of hydrogen-bond donors (Lipinski definition) is 3. The summed E-state index contributed by atoms with van der Waals surface area (Å²) in [4.78, 5) is 25.1. The van der Waals surface area contributed by atoms with Gasteiger partial charge < -0.3 is 29.9 Å². The van der Waals surface area contributed by atoms with Gasteiger partial charge in [0.1, 0.15) is 11.7 Å². The molecule has 0 radical (unpaired) electrons. The SMILES string of the molecule is CC(=O)NC[C@]1(O)CCN(C(=O)c2ccc3c(c2)OCO3)C[C@H]1O. The van der Waals surface area contributed by atoms with Gasteiger partial charge in [0.15, 0.2) is 11.5 Å². The minimum Gasteiger partial charge on any atom is -0.454 e. The molecule has 0 bridgehead atoms. The van der Waals surface area contributed by atoms with Gasteiger partial charge in [-0.1, -0.05) is 0 Å². The molecule has 1 saturated heterocycles. The van der Waals surface area contributed by atoms with Crippen molar-refractivity contribution in [1.82, 2.24) is 10.2 Å². The Morgan fingerprint density at radius 3 is 2.83 bits per heavy atom. The van der Waals surface area contributed by atoms with Crippen molar-refractivity contribution in [3.05, 3.63) is 23.8 Å². The molecule has 0 unspecified atom stereocenters. The first kappa shape index (κ1) is 16.5. The summed E-state index contributed by atoms with van der Waals surface area (Å²) in [5, 5.41) is 23.2. The highest BCUT2D eigenvalue weighted by atomic mass is 16.7. The number of likely N-dealkylation sites (tertiary alicyclic amines) is 1. The lowest BCUT2D eigenvalue weighted by atomic mass is 9.88. The number of hydrogen-bond acceptors (Lipinski definition) is 6. The number of carbonyl (C=O) groups excluding carboxylic acids is 2. The fraction of sp³-hybridized carbons (Fsp3) is 0.500. The van der Waals surface area contributed by atoms with Crippen LogP contribution in [0, 0.1) is 0 Å². The van der Waals surface area contributed by atoms with Gasteiger partial charge in [0.05, 0.1) is 0 Å². The fourth-order valence-corrected chi connectivity index (χ4v) is 2.85. The zero-order valence-electron chi connectivity index (χ0n) is 13.3. The fourth-order valence-electron chi connectivity index (χ4n) is 2.85. The van der Waals surface area contributed by atoms with Crippen molar-refractivity contribution in [2.45, 2.75) is 25.0 Å². The van der Waals surface area contributed by atoms with E-state index in [0.717, 1.165) is 0 Å². The van der Waals surface area contributed by atoms with E-state index < -0.39 is 11.7 Å². The van der Waals surface area contributed by atoms with Crippen LogP contribution in [0.3, 0.4) is 0 Å². The second-order valence-electron chi connectivity index (χ2n) is 6.10. The number of aliphatic hydroxyl groups excluding tert-OH is 1. The van der Waals surface area contributed by atoms with Crippen LogP contribution in [0.4, 0.5) is 0 Å². The number of fused-ring (bicyclic) bond motifs is 1. The van der Waals surface area contributed by atoms with Gasteiger partial charge >= 0.3 is 0 Å². The summed E-state index contributed by atoms with van der Waals surface area (Å²) in [6, 6.07) is 4.92. The number of carbonyl (C=O) groups is 2. The molecule has 130 valence electrons. The van der Waals surface area contributed by atoms with Crippen LogP contribution in [0.2, 0.25) is 0 Å². The number of aliphatic hydroxyl groups is 2. The highest BCUT2D eigenvalue weighted by molar-refractivity contribution is 5.95. The second-order valence-corrected chi connectivity index (χ2v) is 6.10. The Labute approximate surface area is 139 Å². The smallest absolute Gasteiger partial charge is 0.254 e. The van der Waals surface area contributed by atoms with Gasteiger partial charge in [0.25, 0.3) is 5.91 Å². The molecule has 2 heterocycles. The van der Waals surface area contributed by atoms with E-state index >= 15 is 0 Å². The Hall–Kier alpha value is -2.32. The van der Waals surface area contributed by atoms with Gasteiger partial charge in [0, 0.05) is 32.1 Å². The zero-order chi connectivity index (χ0) is 17.3. The molecule has 2 aliphatic heterocycles. The van der Waals surface area contributed by atoms with Crippen molar-refractivity contribution < 1.29 is 29.3 Å². The highest BCUT2D eigenvalue weighted by Crippen LogP contribution is 2.33. The maximum atomic E-state index is 12.6. The third kappa shape index (κ3) is 3.15. The van der Waals surface area contributed by atoms with Crippen molar-refractivity contribution >= 4 is 11.8 Å². The maximum Gasteiger partial charge on any atom is 0.254 e. The predicted octanol–water partition coefficient (Wildman–Crippen LogP) is -0.511. The average Bonchev–Trinajstić information content (AvgIpc) is 3.02. The van der Waals surface area contributed by atoms with Gasteiger partial charge in [-0.05, 0) is 24.6 Å². The minimum atomic E-state index is -1.43. The van der Waals surface area contributed by atoms with E-state index in [-0.39, 0.29) is 44.7 Å². The lowest BCUT2D eigenvalue weighted by molar-refractivity contribution is -0.127. The summed E-state index contributed by atoms with van der Waals surface area (Å²) < 4.78 is 10.5. The molecule has 8 nitrogen and oxygen atoms in total. The Bertz CT molecular complexity index is 664. The molecular weight excluding hydrogens is 316 g/mol. The van der Waals surface area contributed by atoms with Crippen LogP contribution in [-0.4, -0.2) is 65.1 Å². The maximum absolute atomic E-state index is 12.6. The molecule has 24 heavy (non-hydrogen) atoms. The number of rotatable bonds is 3. The van der Waals surface area contributed by atoms with Crippen molar-refractivity contribution in [3.8, 4) is 11.5 Å². The van der Waals surface area contributed by atoms with Crippen LogP contribution >= 0.6 is 0 Å². The van der Waals surface area contributed by atoms with Gasteiger partial charge in [0.2, 0.25) is 12.7 Å². The van der Waals surface area contributed by atoms with Gasteiger partial charge in [-0.25, -0.2) is 0 Å². The molecule has 8 heteroatoms. The van der Waals surface area contributed by atoms with Gasteiger partial charge in [-0.3, -0.25) is 9.59 Å². The lowest BCUT2D eigenvalue weighted by Crippen LogP contribution is -2.61. The molecule has 2 atom stereocenters. The summed E-state index contributed by atoms with van der Waals surface area (Å²) >= 11 is 0. The molecule has 3 rings (SSSR count). The summed E-state index contributed by atoms with van der Waals surface area (Å²) in [6.07, 6.45) is -0.971. The van der Waals surface area contributed by atoms with E-state index in [4.69, 9.17) is 9.47 Å². The van der Waals surface area contributed by atoms with E-state index in [1.54, 1.807) is 18.2 Å². The first-order chi connectivity index (χ1) is 11.4. The highest BCUT2D eigenvalue weighted by Gasteiger charge is 2.42. The Morgan fingerprint density at radius 2 is 2.12 bits per heavy atom. The molecule has 0 aromatic heterocycles. The van der Waals surface area contributed by atoms with Crippen molar-refractivity contribution in [2.75, 3.05) is 26.4 Å². The van der Waals surface area contributed by atoms with Crippen LogP contribution in [0.5, 0.6) is 11.5 Å². The Morgan fingerprint density at radius 1 is 1.38 bits per heavy atom. The Balaban J connectivity index is 1.67. The molecule has 3 N–H and O–H groups in total. The number of nitrogens with one attached hydrogen (secondary N) is 1. The predicted molar refractivity (Wildman–Crippen MR) is 82.7 cm³/mol. The summed E-state index contributed by atoms with van der Waals surface area (Å²) in [5.41, 5.74) is -1.00. The average molecular weight is 336 g/mol. The van der Waals surface area contributed by atoms with Crippen LogP contribution in [0.15, 0.2) is 18.2 Å². The molecule has 1 fully saturated rings. The Kier molecular flexibility index (Phi) is 4.33. The van der Waals surface area contributed by atoms with E-state index in [1.807, 2.05) is 0 Å². The topological polar surface area (TPSA) is 108 Å². The quantitative estimate of drug-likeness (QED) is 0.686. The number of β-amino-alcohol motifs (C(OH)–C–C–N with tert-alkyl or cyclic N) is 1. The van der Waals surface area contributed by atoms with Crippen LogP contribution in [0.25, 0.3) is 0 Å².